The van der Waals surface area contributed by atoms with Gasteiger partial charge in [0.05, 0.1) is 0 Å². The maximum absolute atomic E-state index is 3.85. The average Bonchev–Trinajstić information content (AvgIpc) is 2.03. The monoisotopic (exact) mass is 261 g/mol. The van der Waals surface area contributed by atoms with Crippen molar-refractivity contribution in [3.05, 3.63) is 33.6 Å². The summed E-state index contributed by atoms with van der Waals surface area (Å²) >= 11 is 2.18. The van der Waals surface area contributed by atoms with Gasteiger partial charge < -0.3 is 0 Å². The normalized spacial score (nSPS) is 14.1. The Kier molecular flexibility index (Phi) is 6.12. The van der Waals surface area contributed by atoms with Crippen molar-refractivity contribution in [3.8, 4) is 0 Å². The van der Waals surface area contributed by atoms with Gasteiger partial charge in [-0.05, 0) is 36.3 Å². The molecule has 0 aromatic rings. The largest absolute Gasteiger partial charge is 0.269 e. The van der Waals surface area contributed by atoms with Crippen LogP contribution in [0.1, 0.15) is 13.8 Å². The first-order chi connectivity index (χ1) is 5.26. The zero-order chi connectivity index (χ0) is 8.69. The Morgan fingerprint density at radius 2 is 2.09 bits per heavy atom. The van der Waals surface area contributed by atoms with Crippen molar-refractivity contribution in [2.75, 3.05) is 0 Å². The van der Waals surface area contributed by atoms with E-state index in [4.69, 9.17) is 0 Å². The molecule has 60 valence electrons. The summed E-state index contributed by atoms with van der Waals surface area (Å²) in [6.45, 7) is 7.39. The second kappa shape index (κ2) is 6.34. The highest BCUT2D eigenvalue weighted by atomic mass is 127. The van der Waals surface area contributed by atoms with Gasteiger partial charge >= 0.3 is 0 Å². The molecular weight excluding hydrogens is 249 g/mol. The number of halogens is 1. The van der Waals surface area contributed by atoms with Crippen LogP contribution in [-0.4, -0.2) is 6.72 Å². The Morgan fingerprint density at radius 3 is 2.45 bits per heavy atom. The van der Waals surface area contributed by atoms with Crippen molar-refractivity contribution < 1.29 is 0 Å². The lowest BCUT2D eigenvalue weighted by molar-refractivity contribution is 1.28. The van der Waals surface area contributed by atoms with E-state index in [1.807, 2.05) is 36.2 Å². The van der Waals surface area contributed by atoms with E-state index >= 15 is 0 Å². The van der Waals surface area contributed by atoms with Crippen LogP contribution in [0.3, 0.4) is 0 Å². The maximum atomic E-state index is 3.85. The summed E-state index contributed by atoms with van der Waals surface area (Å²) < 4.78 is 1.96. The van der Waals surface area contributed by atoms with Crippen molar-refractivity contribution >= 4 is 29.3 Å². The average molecular weight is 261 g/mol. The van der Waals surface area contributed by atoms with E-state index in [9.17, 15) is 0 Å². The third-order valence-corrected chi connectivity index (χ3v) is 1.60. The summed E-state index contributed by atoms with van der Waals surface area (Å²) in [6, 6.07) is 0. The van der Waals surface area contributed by atoms with Gasteiger partial charge in [0.15, 0.2) is 0 Å². The molecular formula is C9H12IN. The van der Waals surface area contributed by atoms with Crippen molar-refractivity contribution in [1.29, 1.82) is 0 Å². The molecule has 0 saturated carbocycles. The van der Waals surface area contributed by atoms with Crippen molar-refractivity contribution in [2.45, 2.75) is 13.8 Å². The van der Waals surface area contributed by atoms with Crippen LogP contribution in [0.15, 0.2) is 38.6 Å². The third kappa shape index (κ3) is 4.14. The molecule has 0 aromatic carbocycles. The van der Waals surface area contributed by atoms with Crippen LogP contribution in [0, 0.1) is 0 Å². The van der Waals surface area contributed by atoms with Gasteiger partial charge in [-0.25, -0.2) is 0 Å². The summed E-state index contributed by atoms with van der Waals surface area (Å²) in [6.07, 6.45) is 6.00. The molecule has 0 unspecified atom stereocenters. The fraction of sp³-hybridized carbons (Fsp3) is 0.222. The number of aliphatic imine (C=N–C) groups is 1. The van der Waals surface area contributed by atoms with Gasteiger partial charge in [0, 0.05) is 5.70 Å². The number of rotatable bonds is 3. The molecule has 0 heterocycles. The molecule has 0 spiro atoms. The smallest absolute Gasteiger partial charge is 0.0437 e. The zero-order valence-electron chi connectivity index (χ0n) is 6.84. The van der Waals surface area contributed by atoms with E-state index in [1.54, 1.807) is 0 Å². The first kappa shape index (κ1) is 10.6. The van der Waals surface area contributed by atoms with E-state index in [0.29, 0.717) is 0 Å². The minimum Gasteiger partial charge on any atom is -0.269 e. The van der Waals surface area contributed by atoms with Crippen LogP contribution in [-0.2, 0) is 0 Å². The topological polar surface area (TPSA) is 12.4 Å². The lowest BCUT2D eigenvalue weighted by atomic mass is 10.2. The van der Waals surface area contributed by atoms with Crippen LogP contribution in [0.2, 0.25) is 0 Å². The Labute approximate surface area is 81.7 Å². The first-order valence-corrected chi connectivity index (χ1v) is 4.58. The van der Waals surface area contributed by atoms with Crippen molar-refractivity contribution in [1.82, 2.24) is 0 Å². The molecule has 0 amide bonds. The van der Waals surface area contributed by atoms with E-state index in [1.165, 1.54) is 0 Å². The Bertz CT molecular complexity index is 198. The number of hydrogen-bond donors (Lipinski definition) is 0. The summed E-state index contributed by atoms with van der Waals surface area (Å²) in [5.74, 6) is 0. The quantitative estimate of drug-likeness (QED) is 0.419. The predicted octanol–water partition coefficient (Wildman–Crippen LogP) is 3.49. The molecule has 0 N–H and O–H groups in total. The predicted molar refractivity (Wildman–Crippen MR) is 60.2 cm³/mol. The third-order valence-electron chi connectivity index (χ3n) is 1.24. The summed E-state index contributed by atoms with van der Waals surface area (Å²) in [5, 5.41) is 0. The van der Waals surface area contributed by atoms with Gasteiger partial charge in [0.2, 0.25) is 0 Å². The standard InChI is InChI=1S/C9H12IN/c1-4-5-9(6-7-10)8(2)11-3/h4-7H,3H2,1-2H3/b5-4-,7-6-,9-8+. The molecule has 0 aliphatic rings. The summed E-state index contributed by atoms with van der Waals surface area (Å²) in [7, 11) is 0. The van der Waals surface area contributed by atoms with Gasteiger partial charge in [-0.2, -0.15) is 0 Å². The minimum absolute atomic E-state index is 0.955. The second-order valence-electron chi connectivity index (χ2n) is 1.99. The zero-order valence-corrected chi connectivity index (χ0v) is 9.00. The van der Waals surface area contributed by atoms with E-state index in [0.717, 1.165) is 11.3 Å². The highest BCUT2D eigenvalue weighted by molar-refractivity contribution is 14.1. The SMILES string of the molecule is C=N/C(C)=C(\C=C/C)/C=C\I. The first-order valence-electron chi connectivity index (χ1n) is 3.33. The van der Waals surface area contributed by atoms with Crippen LogP contribution >= 0.6 is 22.6 Å². The van der Waals surface area contributed by atoms with Crippen LogP contribution in [0.25, 0.3) is 0 Å². The lowest BCUT2D eigenvalue weighted by Crippen LogP contribution is -1.76. The lowest BCUT2D eigenvalue weighted by Gasteiger charge is -1.95. The van der Waals surface area contributed by atoms with E-state index < -0.39 is 0 Å². The minimum atomic E-state index is 0.955. The van der Waals surface area contributed by atoms with Gasteiger partial charge in [0.25, 0.3) is 0 Å². The Morgan fingerprint density at radius 1 is 1.45 bits per heavy atom. The van der Waals surface area contributed by atoms with Gasteiger partial charge in [-0.1, -0.05) is 34.7 Å². The van der Waals surface area contributed by atoms with Gasteiger partial charge in [-0.15, -0.1) is 0 Å². The van der Waals surface area contributed by atoms with Gasteiger partial charge in [-0.3, -0.25) is 4.99 Å². The maximum Gasteiger partial charge on any atom is 0.0437 e. The number of allylic oxidation sites excluding steroid dienone is 5. The highest BCUT2D eigenvalue weighted by Gasteiger charge is 1.89. The van der Waals surface area contributed by atoms with E-state index in [2.05, 4.69) is 34.3 Å². The molecule has 0 fully saturated rings. The van der Waals surface area contributed by atoms with Crippen molar-refractivity contribution in [2.24, 2.45) is 4.99 Å². The van der Waals surface area contributed by atoms with Crippen LogP contribution in [0.5, 0.6) is 0 Å². The fourth-order valence-corrected chi connectivity index (χ4v) is 1.02. The van der Waals surface area contributed by atoms with Crippen LogP contribution < -0.4 is 0 Å². The molecule has 0 saturated heterocycles. The Balaban J connectivity index is 4.70. The van der Waals surface area contributed by atoms with Gasteiger partial charge in [0.1, 0.15) is 0 Å². The molecule has 1 nitrogen and oxygen atoms in total. The fourth-order valence-electron chi connectivity index (χ4n) is 0.635. The summed E-state index contributed by atoms with van der Waals surface area (Å²) in [4.78, 5) is 3.85. The molecule has 0 radical (unpaired) electrons. The molecule has 0 aliphatic carbocycles. The van der Waals surface area contributed by atoms with E-state index in [-0.39, 0.29) is 0 Å². The number of hydrogen-bond acceptors (Lipinski definition) is 1. The summed E-state index contributed by atoms with van der Waals surface area (Å²) in [5.41, 5.74) is 2.06. The molecule has 0 aliphatic heterocycles. The molecule has 2 heteroatoms. The molecule has 0 rings (SSSR count). The molecule has 0 aromatic heterocycles. The molecule has 0 bridgehead atoms. The Hall–Kier alpha value is -0.380. The number of nitrogens with zero attached hydrogens (tertiary/aromatic N) is 1. The highest BCUT2D eigenvalue weighted by Crippen LogP contribution is 2.09. The van der Waals surface area contributed by atoms with Crippen molar-refractivity contribution in [3.63, 3.8) is 0 Å². The molecule has 11 heavy (non-hydrogen) atoms. The second-order valence-corrected chi connectivity index (χ2v) is 2.71. The van der Waals surface area contributed by atoms with Crippen LogP contribution in [0.4, 0.5) is 0 Å². The molecule has 0 atom stereocenters.